The van der Waals surface area contributed by atoms with Crippen LogP contribution in [0.1, 0.15) is 48.9 Å². The first-order chi connectivity index (χ1) is 14.7. The van der Waals surface area contributed by atoms with Gasteiger partial charge >= 0.3 is 0 Å². The molecule has 3 heterocycles. The number of hydrogen-bond donors (Lipinski definition) is 2. The van der Waals surface area contributed by atoms with Crippen LogP contribution in [0.4, 0.5) is 0 Å². The number of rotatable bonds is 2. The number of benzene rings is 1. The van der Waals surface area contributed by atoms with Gasteiger partial charge in [0.1, 0.15) is 5.75 Å². The van der Waals surface area contributed by atoms with Gasteiger partial charge in [0.05, 0.1) is 37.8 Å². The lowest BCUT2D eigenvalue weighted by atomic mass is 9.68. The number of thiocarbonyl (C=S) groups is 1. The molecule has 1 unspecified atom stereocenters. The number of carbonyl (C=O) groups is 1. The molecule has 0 spiro atoms. The van der Waals surface area contributed by atoms with Gasteiger partial charge in [0.15, 0.2) is 5.11 Å². The van der Waals surface area contributed by atoms with Crippen molar-refractivity contribution in [1.29, 1.82) is 0 Å². The minimum Gasteiger partial charge on any atom is -0.496 e. The number of nitrogens with one attached hydrogen (secondary N) is 2. The molecule has 5 nitrogen and oxygen atoms in total. The van der Waals surface area contributed by atoms with Crippen LogP contribution in [0.2, 0.25) is 0 Å². The first kappa shape index (κ1) is 20.0. The fraction of sp³-hybridized carbons (Fsp3) is 0.583. The zero-order valence-electron chi connectivity index (χ0n) is 17.7. The second-order valence-electron chi connectivity index (χ2n) is 9.32. The number of piperidine rings is 3. The predicted molar refractivity (Wildman–Crippen MR) is 121 cm³/mol. The Morgan fingerprint density at radius 3 is 3.00 bits per heavy atom. The average Bonchev–Trinajstić information content (AvgIpc) is 2.78. The Kier molecular flexibility index (Phi) is 5.54. The summed E-state index contributed by atoms with van der Waals surface area (Å²) in [5.74, 6) is 1.76. The Labute approximate surface area is 184 Å². The zero-order valence-corrected chi connectivity index (χ0v) is 18.5. The molecule has 0 saturated carbocycles. The number of carbonyl (C=O) groups excluding carboxylic acids is 1. The molecule has 3 fully saturated rings. The van der Waals surface area contributed by atoms with E-state index in [4.69, 9.17) is 17.0 Å². The number of methoxy groups -OCH3 is 1. The molecule has 30 heavy (non-hydrogen) atoms. The summed E-state index contributed by atoms with van der Waals surface area (Å²) in [5, 5.41) is 3.57. The van der Waals surface area contributed by atoms with Crippen molar-refractivity contribution in [3.8, 4) is 5.75 Å². The van der Waals surface area contributed by atoms with Gasteiger partial charge in [-0.2, -0.15) is 0 Å². The van der Waals surface area contributed by atoms with E-state index in [0.29, 0.717) is 28.4 Å². The topological polar surface area (TPSA) is 46.0 Å². The van der Waals surface area contributed by atoms with Crippen molar-refractivity contribution >= 4 is 23.2 Å². The summed E-state index contributed by atoms with van der Waals surface area (Å²) in [6, 6.07) is 8.49. The predicted octanol–water partition coefficient (Wildman–Crippen LogP) is 2.19. The number of likely N-dealkylation sites (tertiary alicyclic amines) is 1. The summed E-state index contributed by atoms with van der Waals surface area (Å²) in [7, 11) is 1.59. The van der Waals surface area contributed by atoms with E-state index in [-0.39, 0.29) is 5.91 Å². The Bertz CT molecular complexity index is 870. The van der Waals surface area contributed by atoms with Gasteiger partial charge in [0, 0.05) is 24.8 Å². The summed E-state index contributed by atoms with van der Waals surface area (Å²) in [4.78, 5) is 17.0. The number of nitrogens with zero attached hydrogens (tertiary/aromatic N) is 1. The fourth-order valence-electron chi connectivity index (χ4n) is 6.49. The Hall–Kier alpha value is -1.92. The molecule has 1 amide bonds. The van der Waals surface area contributed by atoms with Gasteiger partial charge in [-0.3, -0.25) is 10.1 Å². The van der Waals surface area contributed by atoms with Crippen LogP contribution in [0.15, 0.2) is 35.9 Å². The maximum atomic E-state index is 12.9. The SMILES string of the molecule is COc1ccccc1C(=O)NC(=S)N1CCCC2=C[C@H]3C[C@H](C[NH+]4CCCC[C@H]34)[C@H]21. The van der Waals surface area contributed by atoms with Gasteiger partial charge in [-0.15, -0.1) is 0 Å². The number of hydrogen-bond acceptors (Lipinski definition) is 3. The van der Waals surface area contributed by atoms with Crippen LogP contribution in [-0.2, 0) is 0 Å². The highest BCUT2D eigenvalue weighted by Gasteiger charge is 2.48. The molecule has 1 aliphatic carbocycles. The quantitative estimate of drug-likeness (QED) is 0.562. The highest BCUT2D eigenvalue weighted by atomic mass is 32.1. The van der Waals surface area contributed by atoms with E-state index < -0.39 is 0 Å². The summed E-state index contributed by atoms with van der Waals surface area (Å²) in [6.07, 6.45) is 10.3. The Morgan fingerprint density at radius 2 is 2.13 bits per heavy atom. The van der Waals surface area contributed by atoms with Crippen molar-refractivity contribution in [2.45, 2.75) is 50.6 Å². The van der Waals surface area contributed by atoms with Crippen LogP contribution in [0.3, 0.4) is 0 Å². The standard InChI is InChI=1S/C24H31N3O2S/c1-29-21-10-3-2-8-19(21)23(28)25-24(30)27-12-6-7-16-13-17-14-18(22(16)27)15-26-11-5-4-9-20(17)26/h2-3,8,10,13,17-18,20,22H,4-7,9,11-12,14-15H2,1H3,(H,25,28,30)/p+1/t17-,18+,20+,22-/m0/s1. The molecule has 160 valence electrons. The van der Waals surface area contributed by atoms with Crippen molar-refractivity contribution in [3.63, 3.8) is 0 Å². The maximum Gasteiger partial charge on any atom is 0.261 e. The lowest BCUT2D eigenvalue weighted by molar-refractivity contribution is -0.943. The summed E-state index contributed by atoms with van der Waals surface area (Å²) in [6.45, 7) is 3.50. The second-order valence-corrected chi connectivity index (χ2v) is 9.70. The first-order valence-corrected chi connectivity index (χ1v) is 11.9. The lowest BCUT2D eigenvalue weighted by Crippen LogP contribution is -3.19. The molecular weight excluding hydrogens is 394 g/mol. The molecule has 1 aromatic rings. The number of fused-ring (bicyclic) bond motifs is 6. The summed E-state index contributed by atoms with van der Waals surface area (Å²) in [5.41, 5.74) is 2.10. The van der Waals surface area contributed by atoms with Crippen LogP contribution in [0.5, 0.6) is 5.75 Å². The zero-order chi connectivity index (χ0) is 20.7. The van der Waals surface area contributed by atoms with Crippen LogP contribution < -0.4 is 15.0 Å². The number of amides is 1. The largest absolute Gasteiger partial charge is 0.496 e. The van der Waals surface area contributed by atoms with Gasteiger partial charge in [-0.1, -0.05) is 23.8 Å². The molecule has 6 heteroatoms. The number of ether oxygens (including phenoxy) is 1. The molecule has 0 radical (unpaired) electrons. The molecule has 4 aliphatic rings. The van der Waals surface area contributed by atoms with Gasteiger partial charge < -0.3 is 14.5 Å². The summed E-state index contributed by atoms with van der Waals surface area (Å²) < 4.78 is 5.35. The van der Waals surface area contributed by atoms with Crippen LogP contribution >= 0.6 is 12.2 Å². The Morgan fingerprint density at radius 1 is 1.27 bits per heavy atom. The van der Waals surface area contributed by atoms with E-state index in [1.54, 1.807) is 24.8 Å². The third-order valence-corrected chi connectivity index (χ3v) is 8.03. The molecule has 1 aromatic carbocycles. The highest BCUT2D eigenvalue weighted by molar-refractivity contribution is 7.80. The van der Waals surface area contributed by atoms with Crippen molar-refractivity contribution in [2.24, 2.45) is 11.8 Å². The molecular formula is C24H32N3O2S+. The van der Waals surface area contributed by atoms with Gasteiger partial charge in [-0.05, 0) is 56.5 Å². The van der Waals surface area contributed by atoms with E-state index >= 15 is 0 Å². The molecule has 0 aromatic heterocycles. The minimum absolute atomic E-state index is 0.187. The van der Waals surface area contributed by atoms with Crippen LogP contribution in [0, 0.1) is 11.8 Å². The fourth-order valence-corrected chi connectivity index (χ4v) is 6.78. The van der Waals surface area contributed by atoms with E-state index in [1.165, 1.54) is 45.2 Å². The summed E-state index contributed by atoms with van der Waals surface area (Å²) >= 11 is 5.78. The second kappa shape index (κ2) is 8.31. The van der Waals surface area contributed by atoms with Gasteiger partial charge in [-0.25, -0.2) is 0 Å². The van der Waals surface area contributed by atoms with E-state index in [9.17, 15) is 4.79 Å². The number of quaternary nitrogens is 1. The Balaban J connectivity index is 1.35. The van der Waals surface area contributed by atoms with Crippen LogP contribution in [0.25, 0.3) is 0 Å². The van der Waals surface area contributed by atoms with Gasteiger partial charge in [0.25, 0.3) is 5.91 Å². The lowest BCUT2D eigenvalue weighted by Gasteiger charge is -2.53. The molecule has 3 aliphatic heterocycles. The van der Waals surface area contributed by atoms with Gasteiger partial charge in [0.2, 0.25) is 0 Å². The highest BCUT2D eigenvalue weighted by Crippen LogP contribution is 2.40. The van der Waals surface area contributed by atoms with Crippen molar-refractivity contribution in [3.05, 3.63) is 41.5 Å². The smallest absolute Gasteiger partial charge is 0.261 e. The van der Waals surface area contributed by atoms with E-state index in [1.807, 2.05) is 17.0 Å². The third kappa shape index (κ3) is 3.54. The third-order valence-electron chi connectivity index (χ3n) is 7.69. The average molecular weight is 427 g/mol. The normalized spacial score (nSPS) is 32.4. The maximum absolute atomic E-state index is 12.9. The minimum atomic E-state index is -0.187. The molecule has 2 bridgehead atoms. The first-order valence-electron chi connectivity index (χ1n) is 11.5. The molecule has 5 atom stereocenters. The van der Waals surface area contributed by atoms with Crippen molar-refractivity contribution in [2.75, 3.05) is 26.7 Å². The molecule has 2 N–H and O–H groups in total. The van der Waals surface area contributed by atoms with Crippen molar-refractivity contribution in [1.82, 2.24) is 10.2 Å². The molecule has 3 saturated heterocycles. The monoisotopic (exact) mass is 426 g/mol. The van der Waals surface area contributed by atoms with E-state index in [0.717, 1.165) is 24.9 Å². The number of para-hydroxylation sites is 1. The molecule has 5 rings (SSSR count). The van der Waals surface area contributed by atoms with E-state index in [2.05, 4.69) is 16.3 Å². The van der Waals surface area contributed by atoms with Crippen LogP contribution in [-0.4, -0.2) is 54.7 Å². The van der Waals surface area contributed by atoms with Crippen molar-refractivity contribution < 1.29 is 14.4 Å².